The van der Waals surface area contributed by atoms with E-state index in [4.69, 9.17) is 0 Å². The van der Waals surface area contributed by atoms with E-state index in [1.54, 1.807) is 24.3 Å². The Morgan fingerprint density at radius 2 is 1.46 bits per heavy atom. The van der Waals surface area contributed by atoms with Gasteiger partial charge in [-0.1, -0.05) is 30.3 Å². The normalized spacial score (nSPS) is 16.7. The van der Waals surface area contributed by atoms with Crippen molar-refractivity contribution in [3.05, 3.63) is 65.2 Å². The monoisotopic (exact) mass is 349 g/mol. The maximum Gasteiger partial charge on any atom is 0.262 e. The first-order chi connectivity index (χ1) is 12.6. The summed E-state index contributed by atoms with van der Waals surface area (Å²) in [5.41, 5.74) is 3.50. The van der Waals surface area contributed by atoms with E-state index in [9.17, 15) is 9.59 Å². The van der Waals surface area contributed by atoms with Crippen LogP contribution in [-0.2, 0) is 6.54 Å². The van der Waals surface area contributed by atoms with E-state index in [1.807, 2.05) is 18.0 Å². The molecule has 1 fully saturated rings. The summed E-state index contributed by atoms with van der Waals surface area (Å²) in [7, 11) is 1.95. The first-order valence-electron chi connectivity index (χ1n) is 9.12. The van der Waals surface area contributed by atoms with Crippen LogP contribution in [0.15, 0.2) is 48.5 Å². The van der Waals surface area contributed by atoms with Crippen LogP contribution in [-0.4, -0.2) is 48.4 Å². The number of hydrogen-bond donors (Lipinski definition) is 0. The molecule has 2 aliphatic rings. The van der Waals surface area contributed by atoms with Gasteiger partial charge in [-0.2, -0.15) is 0 Å². The van der Waals surface area contributed by atoms with Crippen LogP contribution in [0.5, 0.6) is 0 Å². The molecule has 5 nitrogen and oxygen atoms in total. The molecular weight excluding hydrogens is 326 g/mol. The first kappa shape index (κ1) is 16.8. The van der Waals surface area contributed by atoms with Crippen molar-refractivity contribution in [2.45, 2.75) is 19.4 Å². The van der Waals surface area contributed by atoms with E-state index in [0.29, 0.717) is 24.3 Å². The van der Waals surface area contributed by atoms with E-state index in [1.165, 1.54) is 29.0 Å². The SMILES string of the molecule is CN(Cc1ccccc1N1CCCC1)CN1C(=O)c2ccccc2C1=O. The Kier molecular flexibility index (Phi) is 4.47. The van der Waals surface area contributed by atoms with Gasteiger partial charge in [-0.05, 0) is 43.7 Å². The minimum Gasteiger partial charge on any atom is -0.371 e. The topological polar surface area (TPSA) is 43.9 Å². The molecule has 1 saturated heterocycles. The van der Waals surface area contributed by atoms with Gasteiger partial charge in [0.15, 0.2) is 0 Å². The van der Waals surface area contributed by atoms with Crippen LogP contribution >= 0.6 is 0 Å². The van der Waals surface area contributed by atoms with Gasteiger partial charge in [-0.15, -0.1) is 0 Å². The lowest BCUT2D eigenvalue weighted by Crippen LogP contribution is -2.39. The fourth-order valence-electron chi connectivity index (χ4n) is 3.86. The number of carbonyl (C=O) groups is 2. The van der Waals surface area contributed by atoms with Crippen LogP contribution in [0, 0.1) is 0 Å². The number of fused-ring (bicyclic) bond motifs is 1. The van der Waals surface area contributed by atoms with E-state index in [2.05, 4.69) is 23.1 Å². The molecule has 2 aromatic rings. The van der Waals surface area contributed by atoms with Crippen molar-refractivity contribution in [3.8, 4) is 0 Å². The zero-order chi connectivity index (χ0) is 18.1. The molecular formula is C21H23N3O2. The lowest BCUT2D eigenvalue weighted by Gasteiger charge is -2.26. The number of carbonyl (C=O) groups excluding carboxylic acids is 2. The summed E-state index contributed by atoms with van der Waals surface area (Å²) >= 11 is 0. The summed E-state index contributed by atoms with van der Waals surface area (Å²) in [5.74, 6) is -0.407. The van der Waals surface area contributed by atoms with Crippen LogP contribution in [0.2, 0.25) is 0 Å². The van der Waals surface area contributed by atoms with Gasteiger partial charge in [0.05, 0.1) is 17.8 Å². The third kappa shape index (κ3) is 2.99. The standard InChI is InChI=1S/C21H23N3O2/c1-22(14-16-8-2-5-11-19(16)23-12-6-7-13-23)15-24-20(25)17-9-3-4-10-18(17)21(24)26/h2-5,8-11H,6-7,12-15H2,1H3. The van der Waals surface area contributed by atoms with Gasteiger partial charge in [0.25, 0.3) is 11.8 Å². The minimum absolute atomic E-state index is 0.203. The molecule has 2 amide bonds. The molecule has 0 atom stereocenters. The Hall–Kier alpha value is -2.66. The Balaban J connectivity index is 1.48. The van der Waals surface area contributed by atoms with Crippen LogP contribution < -0.4 is 4.90 Å². The minimum atomic E-state index is -0.203. The highest BCUT2D eigenvalue weighted by molar-refractivity contribution is 6.21. The molecule has 0 aromatic heterocycles. The summed E-state index contributed by atoms with van der Waals surface area (Å²) in [6.07, 6.45) is 2.47. The number of benzene rings is 2. The second-order valence-corrected chi connectivity index (χ2v) is 7.06. The van der Waals surface area contributed by atoms with E-state index >= 15 is 0 Å². The second-order valence-electron chi connectivity index (χ2n) is 7.06. The van der Waals surface area contributed by atoms with Gasteiger partial charge in [0.1, 0.15) is 0 Å². The second kappa shape index (κ2) is 6.92. The molecule has 2 heterocycles. The highest BCUT2D eigenvalue weighted by atomic mass is 16.2. The Labute approximate surface area is 153 Å². The Morgan fingerprint density at radius 3 is 2.12 bits per heavy atom. The van der Waals surface area contributed by atoms with E-state index in [-0.39, 0.29) is 11.8 Å². The molecule has 2 aliphatic heterocycles. The molecule has 26 heavy (non-hydrogen) atoms. The van der Waals surface area contributed by atoms with Crippen LogP contribution in [0.4, 0.5) is 5.69 Å². The zero-order valence-electron chi connectivity index (χ0n) is 15.0. The van der Waals surface area contributed by atoms with Crippen LogP contribution in [0.3, 0.4) is 0 Å². The highest BCUT2D eigenvalue weighted by Crippen LogP contribution is 2.26. The Bertz CT molecular complexity index is 808. The third-order valence-corrected chi connectivity index (χ3v) is 5.14. The maximum atomic E-state index is 12.5. The number of amides is 2. The summed E-state index contributed by atoms with van der Waals surface area (Å²) in [6, 6.07) is 15.4. The van der Waals surface area contributed by atoms with Crippen LogP contribution in [0.25, 0.3) is 0 Å². The van der Waals surface area contributed by atoms with Crippen molar-refractivity contribution in [1.29, 1.82) is 0 Å². The van der Waals surface area contributed by atoms with Gasteiger partial charge in [0.2, 0.25) is 0 Å². The molecule has 0 spiro atoms. The third-order valence-electron chi connectivity index (χ3n) is 5.14. The van der Waals surface area contributed by atoms with Crippen molar-refractivity contribution in [3.63, 3.8) is 0 Å². The number of para-hydroxylation sites is 1. The highest BCUT2D eigenvalue weighted by Gasteiger charge is 2.35. The first-order valence-corrected chi connectivity index (χ1v) is 9.12. The molecule has 134 valence electrons. The number of hydrogen-bond acceptors (Lipinski definition) is 4. The molecule has 2 aromatic carbocycles. The van der Waals surface area contributed by atoms with Crippen molar-refractivity contribution in [2.75, 3.05) is 31.7 Å². The Morgan fingerprint density at radius 1 is 0.885 bits per heavy atom. The molecule has 0 radical (unpaired) electrons. The summed E-state index contributed by atoms with van der Waals surface area (Å²) in [4.78, 5) is 30.9. The van der Waals surface area contributed by atoms with Crippen molar-refractivity contribution in [1.82, 2.24) is 9.80 Å². The largest absolute Gasteiger partial charge is 0.371 e. The van der Waals surface area contributed by atoms with Gasteiger partial charge in [0, 0.05) is 25.3 Å². The average molecular weight is 349 g/mol. The quantitative estimate of drug-likeness (QED) is 0.779. The molecule has 0 N–H and O–H groups in total. The van der Waals surface area contributed by atoms with Gasteiger partial charge in [-0.25, -0.2) is 0 Å². The van der Waals surface area contributed by atoms with Gasteiger partial charge >= 0.3 is 0 Å². The lowest BCUT2D eigenvalue weighted by atomic mass is 10.1. The van der Waals surface area contributed by atoms with Gasteiger partial charge in [-0.3, -0.25) is 19.4 Å². The average Bonchev–Trinajstić information content (AvgIpc) is 3.26. The molecule has 4 rings (SSSR count). The summed E-state index contributed by atoms with van der Waals surface area (Å²) in [5, 5.41) is 0. The predicted octanol–water partition coefficient (Wildman–Crippen LogP) is 2.97. The van der Waals surface area contributed by atoms with Crippen molar-refractivity contribution < 1.29 is 9.59 Å². The van der Waals surface area contributed by atoms with Crippen LogP contribution in [0.1, 0.15) is 39.1 Å². The smallest absolute Gasteiger partial charge is 0.262 e. The van der Waals surface area contributed by atoms with E-state index in [0.717, 1.165) is 13.1 Å². The molecule has 0 aliphatic carbocycles. The van der Waals surface area contributed by atoms with Crippen molar-refractivity contribution >= 4 is 17.5 Å². The predicted molar refractivity (Wildman–Crippen MR) is 101 cm³/mol. The summed E-state index contributed by atoms with van der Waals surface area (Å²) < 4.78 is 0. The maximum absolute atomic E-state index is 12.5. The fraction of sp³-hybridized carbons (Fsp3) is 0.333. The molecule has 0 unspecified atom stereocenters. The zero-order valence-corrected chi connectivity index (χ0v) is 15.0. The molecule has 0 saturated carbocycles. The molecule has 0 bridgehead atoms. The number of anilines is 1. The lowest BCUT2D eigenvalue weighted by molar-refractivity contribution is 0.0559. The van der Waals surface area contributed by atoms with Gasteiger partial charge < -0.3 is 4.90 Å². The number of imide groups is 1. The summed E-state index contributed by atoms with van der Waals surface area (Å²) in [6.45, 7) is 3.18. The number of nitrogens with zero attached hydrogens (tertiary/aromatic N) is 3. The fourth-order valence-corrected chi connectivity index (χ4v) is 3.86. The molecule has 5 heteroatoms. The van der Waals surface area contributed by atoms with Crippen molar-refractivity contribution in [2.24, 2.45) is 0 Å². The number of rotatable bonds is 5. The van der Waals surface area contributed by atoms with E-state index < -0.39 is 0 Å².